The highest BCUT2D eigenvalue weighted by Crippen LogP contribution is 2.20. The summed E-state index contributed by atoms with van der Waals surface area (Å²) >= 11 is 5.88. The number of benzene rings is 1. The van der Waals surface area contributed by atoms with Gasteiger partial charge in [-0.2, -0.15) is 4.98 Å². The zero-order valence-corrected chi connectivity index (χ0v) is 13.8. The highest BCUT2D eigenvalue weighted by Gasteiger charge is 2.18. The van der Waals surface area contributed by atoms with Gasteiger partial charge in [0.15, 0.2) is 5.15 Å². The number of urea groups is 1. The van der Waals surface area contributed by atoms with Crippen molar-refractivity contribution in [2.24, 2.45) is 0 Å². The van der Waals surface area contributed by atoms with Crippen molar-refractivity contribution in [2.45, 2.75) is 13.0 Å². The van der Waals surface area contributed by atoms with E-state index in [9.17, 15) is 9.18 Å². The maximum absolute atomic E-state index is 13.0. The first kappa shape index (κ1) is 16.8. The average Bonchev–Trinajstić information content (AvgIpc) is 3.08. The van der Waals surface area contributed by atoms with Gasteiger partial charge in [0.25, 0.3) is 0 Å². The number of rotatable bonds is 4. The van der Waals surface area contributed by atoms with E-state index in [4.69, 9.17) is 16.1 Å². The number of hydrogen-bond donors (Lipinski definition) is 2. The Morgan fingerprint density at radius 3 is 2.76 bits per heavy atom. The van der Waals surface area contributed by atoms with Crippen molar-refractivity contribution in [1.29, 1.82) is 0 Å². The molecule has 0 aliphatic carbocycles. The lowest BCUT2D eigenvalue weighted by atomic mass is 10.2. The smallest absolute Gasteiger partial charge is 0.319 e. The Hall–Kier alpha value is -3.00. The van der Waals surface area contributed by atoms with Crippen LogP contribution in [0.3, 0.4) is 0 Å². The minimum Gasteiger partial charge on any atom is -0.337 e. The Kier molecular flexibility index (Phi) is 4.90. The van der Waals surface area contributed by atoms with Gasteiger partial charge < -0.3 is 15.2 Å². The molecule has 1 unspecified atom stereocenters. The summed E-state index contributed by atoms with van der Waals surface area (Å²) < 4.78 is 18.1. The first-order valence-corrected chi connectivity index (χ1v) is 7.68. The van der Waals surface area contributed by atoms with Crippen molar-refractivity contribution in [2.75, 3.05) is 5.32 Å². The predicted molar refractivity (Wildman–Crippen MR) is 89.5 cm³/mol. The van der Waals surface area contributed by atoms with Crippen LogP contribution < -0.4 is 10.6 Å². The van der Waals surface area contributed by atoms with Gasteiger partial charge in [-0.1, -0.05) is 16.8 Å². The minimum absolute atomic E-state index is 0.182. The van der Waals surface area contributed by atoms with Crippen molar-refractivity contribution in [1.82, 2.24) is 20.4 Å². The van der Waals surface area contributed by atoms with Crippen LogP contribution in [-0.2, 0) is 0 Å². The Morgan fingerprint density at radius 1 is 1.28 bits per heavy atom. The van der Waals surface area contributed by atoms with Crippen LogP contribution >= 0.6 is 11.6 Å². The summed E-state index contributed by atoms with van der Waals surface area (Å²) in [7, 11) is 0. The fourth-order valence-electron chi connectivity index (χ4n) is 2.02. The zero-order valence-electron chi connectivity index (χ0n) is 13.0. The number of carbonyl (C=O) groups is 1. The first-order valence-electron chi connectivity index (χ1n) is 7.30. The molecular weight excluding hydrogens is 349 g/mol. The van der Waals surface area contributed by atoms with E-state index in [1.54, 1.807) is 31.2 Å². The molecule has 3 rings (SSSR count). The van der Waals surface area contributed by atoms with Gasteiger partial charge in [-0.15, -0.1) is 0 Å². The predicted octanol–water partition coefficient (Wildman–Crippen LogP) is 3.81. The van der Waals surface area contributed by atoms with Crippen LogP contribution in [0.25, 0.3) is 11.4 Å². The summed E-state index contributed by atoms with van der Waals surface area (Å²) in [5, 5.41) is 9.25. The molecule has 1 aromatic carbocycles. The zero-order chi connectivity index (χ0) is 17.8. The fourth-order valence-corrected chi connectivity index (χ4v) is 2.19. The van der Waals surface area contributed by atoms with Gasteiger partial charge >= 0.3 is 6.03 Å². The molecule has 0 aliphatic heterocycles. The number of nitrogens with one attached hydrogen (secondary N) is 2. The highest BCUT2D eigenvalue weighted by molar-refractivity contribution is 6.32. The van der Waals surface area contributed by atoms with Crippen molar-refractivity contribution in [3.05, 3.63) is 59.5 Å². The lowest BCUT2D eigenvalue weighted by molar-refractivity contribution is 0.245. The molecule has 3 aromatic rings. The molecule has 7 nitrogen and oxygen atoms in total. The van der Waals surface area contributed by atoms with Gasteiger partial charge in [0.1, 0.15) is 11.9 Å². The number of hydrogen-bond acceptors (Lipinski definition) is 5. The van der Waals surface area contributed by atoms with E-state index in [0.29, 0.717) is 17.1 Å². The molecule has 2 aromatic heterocycles. The maximum atomic E-state index is 13.0. The molecule has 0 fully saturated rings. The minimum atomic E-state index is -0.544. The van der Waals surface area contributed by atoms with Crippen LogP contribution in [0.4, 0.5) is 14.9 Å². The summed E-state index contributed by atoms with van der Waals surface area (Å²) in [5.74, 6) is 0.166. The third-order valence-electron chi connectivity index (χ3n) is 3.27. The summed E-state index contributed by atoms with van der Waals surface area (Å²) in [4.78, 5) is 20.1. The standard InChI is InChI=1S/C16H13ClFN5O2/c1-9(20-16(24)21-12-3-2-8-19-13(12)17)15-22-14(23-25-15)10-4-6-11(18)7-5-10/h2-9H,1H3,(H2,20,21,24). The Bertz CT molecular complexity index is 884. The van der Waals surface area contributed by atoms with Crippen LogP contribution in [0.15, 0.2) is 47.1 Å². The van der Waals surface area contributed by atoms with E-state index in [-0.39, 0.29) is 16.9 Å². The summed E-state index contributed by atoms with van der Waals surface area (Å²) in [5.41, 5.74) is 0.988. The SMILES string of the molecule is CC(NC(=O)Nc1cccnc1Cl)c1nc(-c2ccc(F)cc2)no1. The number of nitrogens with zero attached hydrogens (tertiary/aromatic N) is 3. The molecular formula is C16H13ClFN5O2. The van der Waals surface area contributed by atoms with E-state index >= 15 is 0 Å². The maximum Gasteiger partial charge on any atom is 0.319 e. The number of halogens is 2. The van der Waals surface area contributed by atoms with Crippen molar-refractivity contribution in [3.63, 3.8) is 0 Å². The molecule has 0 spiro atoms. The van der Waals surface area contributed by atoms with Crippen LogP contribution in [0.2, 0.25) is 5.15 Å². The third kappa shape index (κ3) is 4.10. The van der Waals surface area contributed by atoms with Gasteiger partial charge in [-0.3, -0.25) is 0 Å². The van der Waals surface area contributed by atoms with Crippen molar-refractivity contribution >= 4 is 23.3 Å². The fraction of sp³-hybridized carbons (Fsp3) is 0.125. The molecule has 25 heavy (non-hydrogen) atoms. The quantitative estimate of drug-likeness (QED) is 0.689. The first-order chi connectivity index (χ1) is 12.0. The molecule has 2 heterocycles. The normalized spacial score (nSPS) is 11.8. The molecule has 0 bridgehead atoms. The highest BCUT2D eigenvalue weighted by atomic mass is 35.5. The van der Waals surface area contributed by atoms with E-state index < -0.39 is 12.1 Å². The third-order valence-corrected chi connectivity index (χ3v) is 3.57. The van der Waals surface area contributed by atoms with Crippen LogP contribution in [0.5, 0.6) is 0 Å². The molecule has 9 heteroatoms. The van der Waals surface area contributed by atoms with Gasteiger partial charge in [-0.05, 0) is 43.3 Å². The molecule has 0 saturated heterocycles. The lowest BCUT2D eigenvalue weighted by Gasteiger charge is -2.11. The molecule has 0 radical (unpaired) electrons. The van der Waals surface area contributed by atoms with E-state index in [2.05, 4.69) is 25.8 Å². The van der Waals surface area contributed by atoms with Gasteiger partial charge in [0, 0.05) is 11.8 Å². The number of pyridine rings is 1. The van der Waals surface area contributed by atoms with Crippen LogP contribution in [0.1, 0.15) is 18.9 Å². The lowest BCUT2D eigenvalue weighted by Crippen LogP contribution is -2.31. The summed E-state index contributed by atoms with van der Waals surface area (Å²) in [6, 6.07) is 7.92. The Morgan fingerprint density at radius 2 is 2.04 bits per heavy atom. The van der Waals surface area contributed by atoms with Gasteiger partial charge in [-0.25, -0.2) is 14.2 Å². The van der Waals surface area contributed by atoms with E-state index in [1.165, 1.54) is 18.3 Å². The topological polar surface area (TPSA) is 92.9 Å². The van der Waals surface area contributed by atoms with Gasteiger partial charge in [0.2, 0.25) is 11.7 Å². The van der Waals surface area contributed by atoms with Gasteiger partial charge in [0.05, 0.1) is 5.69 Å². The number of carbonyl (C=O) groups excluding carboxylic acids is 1. The second-order valence-corrected chi connectivity index (χ2v) is 5.48. The Balaban J connectivity index is 1.65. The van der Waals surface area contributed by atoms with Crippen LogP contribution in [-0.4, -0.2) is 21.2 Å². The van der Waals surface area contributed by atoms with E-state index in [1.807, 2.05) is 0 Å². The molecule has 0 saturated carbocycles. The largest absolute Gasteiger partial charge is 0.337 e. The molecule has 2 amide bonds. The monoisotopic (exact) mass is 361 g/mol. The van der Waals surface area contributed by atoms with Crippen LogP contribution in [0, 0.1) is 5.82 Å². The second-order valence-electron chi connectivity index (χ2n) is 5.13. The molecule has 1 atom stereocenters. The molecule has 2 N–H and O–H groups in total. The number of aromatic nitrogens is 3. The van der Waals surface area contributed by atoms with E-state index in [0.717, 1.165) is 0 Å². The number of anilines is 1. The second kappa shape index (κ2) is 7.27. The summed E-state index contributed by atoms with van der Waals surface area (Å²) in [6.07, 6.45) is 1.52. The molecule has 0 aliphatic rings. The molecule has 128 valence electrons. The van der Waals surface area contributed by atoms with Crippen molar-refractivity contribution < 1.29 is 13.7 Å². The summed E-state index contributed by atoms with van der Waals surface area (Å²) in [6.45, 7) is 1.69. The number of amides is 2. The van der Waals surface area contributed by atoms with Crippen molar-refractivity contribution in [3.8, 4) is 11.4 Å². The Labute approximate surface area is 147 Å². The average molecular weight is 362 g/mol.